The summed E-state index contributed by atoms with van der Waals surface area (Å²) in [5.41, 5.74) is 0.566. The van der Waals surface area contributed by atoms with E-state index in [0.29, 0.717) is 5.41 Å². The molecule has 0 saturated heterocycles. The SMILES string of the molecule is CCCC(C)CC(NCC)C1(C)CCCCC1. The molecular weight excluding hydrogens is 206 g/mol. The first-order valence-electron chi connectivity index (χ1n) is 7.85. The highest BCUT2D eigenvalue weighted by Crippen LogP contribution is 2.41. The normalized spacial score (nSPS) is 23.3. The zero-order chi connectivity index (χ0) is 12.7. The smallest absolute Gasteiger partial charge is 0.0123 e. The van der Waals surface area contributed by atoms with Crippen LogP contribution in [-0.4, -0.2) is 12.6 Å². The molecule has 0 aliphatic heterocycles. The van der Waals surface area contributed by atoms with Gasteiger partial charge >= 0.3 is 0 Å². The minimum atomic E-state index is 0.566. The third-order valence-electron chi connectivity index (χ3n) is 4.71. The summed E-state index contributed by atoms with van der Waals surface area (Å²) in [6.07, 6.45) is 11.3. The van der Waals surface area contributed by atoms with Crippen molar-refractivity contribution in [1.82, 2.24) is 5.32 Å². The molecule has 0 spiro atoms. The highest BCUT2D eigenvalue weighted by molar-refractivity contribution is 4.90. The van der Waals surface area contributed by atoms with Crippen LogP contribution < -0.4 is 5.32 Å². The van der Waals surface area contributed by atoms with Gasteiger partial charge in [-0.1, -0.05) is 59.8 Å². The molecule has 0 aromatic heterocycles. The van der Waals surface area contributed by atoms with Crippen molar-refractivity contribution in [2.75, 3.05) is 6.54 Å². The number of rotatable bonds is 7. The molecule has 0 aromatic rings. The van der Waals surface area contributed by atoms with Crippen LogP contribution in [0.3, 0.4) is 0 Å². The molecule has 0 aromatic carbocycles. The minimum Gasteiger partial charge on any atom is -0.314 e. The van der Waals surface area contributed by atoms with Gasteiger partial charge in [-0.25, -0.2) is 0 Å². The molecule has 1 aliphatic carbocycles. The van der Waals surface area contributed by atoms with Gasteiger partial charge in [0.15, 0.2) is 0 Å². The summed E-state index contributed by atoms with van der Waals surface area (Å²) >= 11 is 0. The molecule has 0 amide bonds. The van der Waals surface area contributed by atoms with Gasteiger partial charge in [-0.15, -0.1) is 0 Å². The van der Waals surface area contributed by atoms with Crippen LogP contribution in [0.15, 0.2) is 0 Å². The van der Waals surface area contributed by atoms with Crippen LogP contribution in [-0.2, 0) is 0 Å². The van der Waals surface area contributed by atoms with Gasteiger partial charge in [-0.2, -0.15) is 0 Å². The van der Waals surface area contributed by atoms with Crippen LogP contribution in [0.1, 0.15) is 79.1 Å². The highest BCUT2D eigenvalue weighted by atomic mass is 14.9. The molecule has 1 aliphatic rings. The lowest BCUT2D eigenvalue weighted by atomic mass is 9.68. The topological polar surface area (TPSA) is 12.0 Å². The fraction of sp³-hybridized carbons (Fsp3) is 1.00. The molecule has 0 heterocycles. The molecule has 1 saturated carbocycles. The Morgan fingerprint density at radius 2 is 1.76 bits per heavy atom. The van der Waals surface area contributed by atoms with Gasteiger partial charge in [0.2, 0.25) is 0 Å². The average molecular weight is 239 g/mol. The van der Waals surface area contributed by atoms with E-state index >= 15 is 0 Å². The molecule has 1 nitrogen and oxygen atoms in total. The summed E-state index contributed by atoms with van der Waals surface area (Å²) in [5, 5.41) is 3.78. The lowest BCUT2D eigenvalue weighted by Gasteiger charge is -2.42. The first-order chi connectivity index (χ1) is 8.12. The van der Waals surface area contributed by atoms with Crippen LogP contribution >= 0.6 is 0 Å². The maximum atomic E-state index is 3.78. The van der Waals surface area contributed by atoms with Gasteiger partial charge in [0.05, 0.1) is 0 Å². The molecule has 0 bridgehead atoms. The third kappa shape index (κ3) is 4.62. The Kier molecular flexibility index (Phi) is 6.54. The summed E-state index contributed by atoms with van der Waals surface area (Å²) < 4.78 is 0. The summed E-state index contributed by atoms with van der Waals surface area (Å²) in [7, 11) is 0. The lowest BCUT2D eigenvalue weighted by molar-refractivity contribution is 0.126. The molecule has 1 fully saturated rings. The Hall–Kier alpha value is -0.0400. The zero-order valence-corrected chi connectivity index (χ0v) is 12.5. The van der Waals surface area contributed by atoms with E-state index in [2.05, 4.69) is 33.0 Å². The van der Waals surface area contributed by atoms with Crippen molar-refractivity contribution in [3.8, 4) is 0 Å². The Labute approximate surface area is 109 Å². The largest absolute Gasteiger partial charge is 0.314 e. The van der Waals surface area contributed by atoms with Crippen molar-refractivity contribution in [2.24, 2.45) is 11.3 Å². The van der Waals surface area contributed by atoms with Gasteiger partial charge in [0, 0.05) is 6.04 Å². The van der Waals surface area contributed by atoms with Crippen molar-refractivity contribution in [3.63, 3.8) is 0 Å². The van der Waals surface area contributed by atoms with E-state index in [1.165, 1.54) is 51.4 Å². The predicted octanol–water partition coefficient (Wildman–Crippen LogP) is 4.76. The molecular formula is C16H33N. The van der Waals surface area contributed by atoms with E-state index in [1.54, 1.807) is 0 Å². The second kappa shape index (κ2) is 7.41. The Bertz CT molecular complexity index is 194. The second-order valence-corrected chi connectivity index (χ2v) is 6.45. The molecule has 17 heavy (non-hydrogen) atoms. The Morgan fingerprint density at radius 3 is 2.29 bits per heavy atom. The van der Waals surface area contributed by atoms with Crippen LogP contribution in [0.25, 0.3) is 0 Å². The van der Waals surface area contributed by atoms with Gasteiger partial charge in [-0.05, 0) is 37.1 Å². The lowest BCUT2D eigenvalue weighted by Crippen LogP contribution is -2.45. The fourth-order valence-electron chi connectivity index (χ4n) is 3.58. The van der Waals surface area contributed by atoms with E-state index < -0.39 is 0 Å². The molecule has 1 N–H and O–H groups in total. The van der Waals surface area contributed by atoms with Crippen molar-refractivity contribution < 1.29 is 0 Å². The first kappa shape index (κ1) is 15.0. The molecule has 0 radical (unpaired) electrons. The van der Waals surface area contributed by atoms with Crippen LogP contribution in [0, 0.1) is 11.3 Å². The summed E-state index contributed by atoms with van der Waals surface area (Å²) in [6, 6.07) is 0.745. The maximum absolute atomic E-state index is 3.78. The minimum absolute atomic E-state index is 0.566. The molecule has 1 heteroatoms. The van der Waals surface area contributed by atoms with E-state index in [9.17, 15) is 0 Å². The van der Waals surface area contributed by atoms with E-state index in [0.717, 1.165) is 18.5 Å². The van der Waals surface area contributed by atoms with E-state index in [-0.39, 0.29) is 0 Å². The highest BCUT2D eigenvalue weighted by Gasteiger charge is 2.35. The summed E-state index contributed by atoms with van der Waals surface area (Å²) in [4.78, 5) is 0. The number of nitrogens with one attached hydrogen (secondary N) is 1. The number of hydrogen-bond donors (Lipinski definition) is 1. The molecule has 102 valence electrons. The van der Waals surface area contributed by atoms with Crippen molar-refractivity contribution in [1.29, 1.82) is 0 Å². The van der Waals surface area contributed by atoms with E-state index in [4.69, 9.17) is 0 Å². The standard InChI is InChI=1S/C16H33N/c1-5-10-14(3)13-15(17-6-2)16(4)11-8-7-9-12-16/h14-15,17H,5-13H2,1-4H3. The van der Waals surface area contributed by atoms with Crippen molar-refractivity contribution in [2.45, 2.75) is 85.1 Å². The van der Waals surface area contributed by atoms with Crippen molar-refractivity contribution in [3.05, 3.63) is 0 Å². The summed E-state index contributed by atoms with van der Waals surface area (Å²) in [5.74, 6) is 0.878. The Balaban J connectivity index is 2.56. The quantitative estimate of drug-likeness (QED) is 0.675. The third-order valence-corrected chi connectivity index (χ3v) is 4.71. The zero-order valence-electron chi connectivity index (χ0n) is 12.5. The van der Waals surface area contributed by atoms with Gasteiger partial charge in [0.1, 0.15) is 0 Å². The second-order valence-electron chi connectivity index (χ2n) is 6.45. The molecule has 2 atom stereocenters. The fourth-order valence-corrected chi connectivity index (χ4v) is 3.58. The van der Waals surface area contributed by atoms with E-state index in [1.807, 2.05) is 0 Å². The summed E-state index contributed by atoms with van der Waals surface area (Å²) in [6.45, 7) is 10.6. The van der Waals surface area contributed by atoms with Crippen LogP contribution in [0.2, 0.25) is 0 Å². The number of hydrogen-bond acceptors (Lipinski definition) is 1. The molecule has 2 unspecified atom stereocenters. The predicted molar refractivity (Wildman–Crippen MR) is 77.3 cm³/mol. The van der Waals surface area contributed by atoms with Gasteiger partial charge in [0.25, 0.3) is 0 Å². The Morgan fingerprint density at radius 1 is 1.12 bits per heavy atom. The average Bonchev–Trinajstić information content (AvgIpc) is 2.30. The monoisotopic (exact) mass is 239 g/mol. The first-order valence-corrected chi connectivity index (χ1v) is 7.85. The maximum Gasteiger partial charge on any atom is 0.0123 e. The van der Waals surface area contributed by atoms with Crippen LogP contribution in [0.4, 0.5) is 0 Å². The van der Waals surface area contributed by atoms with Gasteiger partial charge < -0.3 is 5.32 Å². The van der Waals surface area contributed by atoms with Crippen LogP contribution in [0.5, 0.6) is 0 Å². The van der Waals surface area contributed by atoms with Crippen molar-refractivity contribution >= 4 is 0 Å². The van der Waals surface area contributed by atoms with Gasteiger partial charge in [-0.3, -0.25) is 0 Å². The molecule has 1 rings (SSSR count).